The lowest BCUT2D eigenvalue weighted by Crippen LogP contribution is -2.04. The average molecular weight is 880 g/mol. The van der Waals surface area contributed by atoms with Gasteiger partial charge in [-0.15, -0.1) is 0 Å². The number of benzene rings is 11. The summed E-state index contributed by atoms with van der Waals surface area (Å²) in [4.78, 5) is 16.6. The molecule has 4 aromatic heterocycles. The second kappa shape index (κ2) is 14.6. The molecule has 0 amide bonds. The minimum absolute atomic E-state index is 0.560. The normalized spacial score (nSPS) is 12.1. The molecule has 69 heavy (non-hydrogen) atoms. The number of rotatable bonds is 5. The van der Waals surface area contributed by atoms with Crippen molar-refractivity contribution in [1.29, 1.82) is 0 Å². The molecule has 6 heteroatoms. The zero-order valence-corrected chi connectivity index (χ0v) is 37.0. The van der Waals surface area contributed by atoms with E-state index < -0.39 is 0 Å². The predicted molar refractivity (Wildman–Crippen MR) is 285 cm³/mol. The van der Waals surface area contributed by atoms with Gasteiger partial charge in [0.15, 0.2) is 17.5 Å². The molecule has 15 aromatic rings. The first kappa shape index (κ1) is 37.8. The number of fused-ring (bicyclic) bond motifs is 13. The van der Waals surface area contributed by atoms with Crippen LogP contribution in [0.3, 0.4) is 0 Å². The number of nitrogens with zero attached hydrogens (tertiary/aromatic N) is 5. The molecule has 15 rings (SSSR count). The number of para-hydroxylation sites is 3. The number of aromatic nitrogens is 5. The summed E-state index contributed by atoms with van der Waals surface area (Å²) in [5.41, 5.74) is 10.7. The van der Waals surface area contributed by atoms with E-state index >= 15 is 0 Å². The molecule has 4 heterocycles. The third-order valence-corrected chi connectivity index (χ3v) is 14.1. The van der Waals surface area contributed by atoms with E-state index in [1.54, 1.807) is 0 Å². The van der Waals surface area contributed by atoms with Gasteiger partial charge in [-0.05, 0) is 86.9 Å². The van der Waals surface area contributed by atoms with Crippen molar-refractivity contribution in [1.82, 2.24) is 24.1 Å². The molecule has 320 valence electrons. The maximum Gasteiger partial charge on any atom is 0.166 e. The Bertz CT molecular complexity index is 4610. The second-order valence-electron chi connectivity index (χ2n) is 17.9. The molecule has 0 aliphatic carbocycles. The van der Waals surface area contributed by atoms with Crippen LogP contribution in [0.15, 0.2) is 229 Å². The van der Waals surface area contributed by atoms with Crippen molar-refractivity contribution in [3.8, 4) is 45.5 Å². The summed E-state index contributed by atoms with van der Waals surface area (Å²) in [7, 11) is 0. The first-order chi connectivity index (χ1) is 34.2. The molecule has 0 fully saturated rings. The van der Waals surface area contributed by atoms with Gasteiger partial charge in [-0.3, -0.25) is 0 Å². The highest BCUT2D eigenvalue weighted by atomic mass is 16.3. The second-order valence-corrected chi connectivity index (χ2v) is 17.9. The molecule has 0 N–H and O–H groups in total. The van der Waals surface area contributed by atoms with Gasteiger partial charge in [0.2, 0.25) is 0 Å². The summed E-state index contributed by atoms with van der Waals surface area (Å²) in [6.45, 7) is 0. The molecule has 0 aliphatic heterocycles. The summed E-state index contributed by atoms with van der Waals surface area (Å²) in [6, 6.07) is 79.7. The van der Waals surface area contributed by atoms with Crippen molar-refractivity contribution < 1.29 is 4.42 Å². The summed E-state index contributed by atoms with van der Waals surface area (Å²) < 4.78 is 11.6. The Morgan fingerprint density at radius 2 is 0.884 bits per heavy atom. The molecule has 11 aromatic carbocycles. The van der Waals surface area contributed by atoms with Gasteiger partial charge in [0.25, 0.3) is 0 Å². The Kier molecular flexibility index (Phi) is 7.97. The van der Waals surface area contributed by atoms with E-state index in [0.717, 1.165) is 110 Å². The van der Waals surface area contributed by atoms with Gasteiger partial charge in [-0.25, -0.2) is 15.0 Å². The summed E-state index contributed by atoms with van der Waals surface area (Å²) in [5, 5.41) is 13.6. The standard InChI is InChI=1S/C63H37N5O/c1-2-20-43(21-3-1)67-53-27-12-10-24-46(53)48-31-29-42(35-55(48)67)61-64-62(49-26-14-19-38-15-6-8-22-44(38)49)66-63(65-61)51-36-52-59(69-58-32-30-39-16-7-9-23-45(39)60(52)58)37-57(51)68-54-28-13-11-25-47(54)50-33-40-17-4-5-18-41(40)34-56(50)68/h1-37H. The van der Waals surface area contributed by atoms with Crippen LogP contribution in [0.4, 0.5) is 0 Å². The van der Waals surface area contributed by atoms with Crippen LogP contribution in [-0.4, -0.2) is 24.1 Å². The first-order valence-electron chi connectivity index (χ1n) is 23.3. The van der Waals surface area contributed by atoms with Gasteiger partial charge in [0.05, 0.1) is 27.8 Å². The molecule has 0 atom stereocenters. The lowest BCUT2D eigenvalue weighted by molar-refractivity contribution is 0.669. The van der Waals surface area contributed by atoms with Crippen LogP contribution in [-0.2, 0) is 0 Å². The Morgan fingerprint density at radius 1 is 0.304 bits per heavy atom. The first-order valence-corrected chi connectivity index (χ1v) is 23.3. The van der Waals surface area contributed by atoms with Crippen molar-refractivity contribution in [3.05, 3.63) is 224 Å². The van der Waals surface area contributed by atoms with Crippen LogP contribution in [0.1, 0.15) is 0 Å². The van der Waals surface area contributed by atoms with Crippen LogP contribution in [0.25, 0.3) is 143 Å². The lowest BCUT2D eigenvalue weighted by Gasteiger charge is -2.16. The van der Waals surface area contributed by atoms with Gasteiger partial charge < -0.3 is 13.6 Å². The topological polar surface area (TPSA) is 61.7 Å². The van der Waals surface area contributed by atoms with E-state index in [1.165, 1.54) is 16.2 Å². The molecule has 0 unspecified atom stereocenters. The number of hydrogen-bond acceptors (Lipinski definition) is 4. The molecule has 0 aliphatic rings. The molecular weight excluding hydrogens is 843 g/mol. The van der Waals surface area contributed by atoms with Crippen LogP contribution in [0, 0.1) is 0 Å². The van der Waals surface area contributed by atoms with Gasteiger partial charge in [0.1, 0.15) is 11.2 Å². The van der Waals surface area contributed by atoms with E-state index in [1.807, 2.05) is 0 Å². The highest BCUT2D eigenvalue weighted by Gasteiger charge is 2.24. The Balaban J connectivity index is 1.07. The summed E-state index contributed by atoms with van der Waals surface area (Å²) >= 11 is 0. The third-order valence-electron chi connectivity index (χ3n) is 14.1. The average Bonchev–Trinajstić information content (AvgIpc) is 4.06. The molecule has 0 radical (unpaired) electrons. The van der Waals surface area contributed by atoms with E-state index in [4.69, 9.17) is 19.4 Å². The summed E-state index contributed by atoms with van der Waals surface area (Å²) in [5.74, 6) is 1.73. The minimum atomic E-state index is 0.560. The van der Waals surface area contributed by atoms with Crippen LogP contribution in [0.2, 0.25) is 0 Å². The smallest absolute Gasteiger partial charge is 0.166 e. The third kappa shape index (κ3) is 5.69. The van der Waals surface area contributed by atoms with Gasteiger partial charge in [-0.1, -0.05) is 164 Å². The Morgan fingerprint density at radius 3 is 1.68 bits per heavy atom. The van der Waals surface area contributed by atoms with Gasteiger partial charge in [-0.2, -0.15) is 0 Å². The molecular formula is C63H37N5O. The minimum Gasteiger partial charge on any atom is -0.456 e. The SMILES string of the molecule is c1ccc(-n2c3ccccc3c3ccc(-c4nc(-c5cc6c(cc5-n5c7ccccc7c7cc8ccccc8cc75)oc5ccc7ccccc7c56)nc(-c5cccc6ccccc56)n4)cc32)cc1. The van der Waals surface area contributed by atoms with Crippen molar-refractivity contribution in [2.45, 2.75) is 0 Å². The predicted octanol–water partition coefficient (Wildman–Crippen LogP) is 16.4. The van der Waals surface area contributed by atoms with Crippen LogP contribution < -0.4 is 0 Å². The van der Waals surface area contributed by atoms with E-state index in [9.17, 15) is 0 Å². The van der Waals surface area contributed by atoms with E-state index in [2.05, 4.69) is 234 Å². The van der Waals surface area contributed by atoms with Crippen LogP contribution in [0.5, 0.6) is 0 Å². The van der Waals surface area contributed by atoms with Crippen molar-refractivity contribution in [2.24, 2.45) is 0 Å². The van der Waals surface area contributed by atoms with Crippen molar-refractivity contribution in [3.63, 3.8) is 0 Å². The van der Waals surface area contributed by atoms with Crippen molar-refractivity contribution in [2.75, 3.05) is 0 Å². The van der Waals surface area contributed by atoms with E-state index in [-0.39, 0.29) is 0 Å². The fraction of sp³-hybridized carbons (Fsp3) is 0. The quantitative estimate of drug-likeness (QED) is 0.173. The fourth-order valence-corrected chi connectivity index (χ4v) is 11.0. The largest absolute Gasteiger partial charge is 0.456 e. The molecule has 0 saturated carbocycles. The molecule has 0 spiro atoms. The fourth-order valence-electron chi connectivity index (χ4n) is 11.0. The monoisotopic (exact) mass is 879 g/mol. The maximum atomic E-state index is 6.86. The highest BCUT2D eigenvalue weighted by molar-refractivity contribution is 6.20. The molecule has 0 saturated heterocycles. The zero-order valence-electron chi connectivity index (χ0n) is 37.0. The maximum absolute atomic E-state index is 6.86. The Labute approximate surface area is 394 Å². The lowest BCUT2D eigenvalue weighted by atomic mass is 10.0. The zero-order chi connectivity index (χ0) is 45.2. The van der Waals surface area contributed by atoms with Crippen LogP contribution >= 0.6 is 0 Å². The number of furan rings is 1. The Hall–Kier alpha value is -9.39. The molecule has 6 nitrogen and oxygen atoms in total. The molecule has 0 bridgehead atoms. The van der Waals surface area contributed by atoms with E-state index in [0.29, 0.717) is 17.5 Å². The number of hydrogen-bond donors (Lipinski definition) is 0. The van der Waals surface area contributed by atoms with Gasteiger partial charge in [0, 0.05) is 60.8 Å². The highest BCUT2D eigenvalue weighted by Crippen LogP contribution is 2.44. The van der Waals surface area contributed by atoms with Crippen molar-refractivity contribution >= 4 is 97.9 Å². The summed E-state index contributed by atoms with van der Waals surface area (Å²) in [6.07, 6.45) is 0. The van der Waals surface area contributed by atoms with Gasteiger partial charge >= 0.3 is 0 Å².